The van der Waals surface area contributed by atoms with Gasteiger partial charge in [0.25, 0.3) is 10.1 Å². The zero-order chi connectivity index (χ0) is 25.7. The number of sulfonamides is 1. The smallest absolute Gasteiger partial charge is 0.295 e. The van der Waals surface area contributed by atoms with E-state index in [1.807, 2.05) is 39.8 Å². The maximum absolute atomic E-state index is 12.6. The quantitative estimate of drug-likeness (QED) is 0.302. The second-order valence-corrected chi connectivity index (χ2v) is 12.4. The Bertz CT molecular complexity index is 1190. The van der Waals surface area contributed by atoms with E-state index in [4.69, 9.17) is 15.7 Å². The van der Waals surface area contributed by atoms with Crippen LogP contribution in [0.5, 0.6) is 0 Å². The van der Waals surface area contributed by atoms with Gasteiger partial charge in [-0.25, -0.2) is 12.7 Å². The first kappa shape index (κ1) is 29.1. The summed E-state index contributed by atoms with van der Waals surface area (Å²) in [5, 5.41) is 7.12. The lowest BCUT2D eigenvalue weighted by molar-refractivity contribution is 0.481. The van der Waals surface area contributed by atoms with Crippen molar-refractivity contribution in [3.63, 3.8) is 0 Å². The molecule has 0 saturated carbocycles. The van der Waals surface area contributed by atoms with Crippen LogP contribution in [0.4, 0.5) is 0 Å². The number of thioether (sulfide) groups is 1. The molecule has 4 N–H and O–H groups in total. The van der Waals surface area contributed by atoms with Gasteiger partial charge in [-0.15, -0.1) is 0 Å². The molecule has 0 radical (unpaired) electrons. The largest absolute Gasteiger partial charge is 0.379 e. The predicted molar refractivity (Wildman–Crippen MR) is 135 cm³/mol. The van der Waals surface area contributed by atoms with Crippen molar-refractivity contribution < 1.29 is 21.4 Å². The maximum Gasteiger partial charge on any atom is 0.295 e. The lowest BCUT2D eigenvalue weighted by Crippen LogP contribution is -2.30. The molecule has 0 aliphatic heterocycles. The highest BCUT2D eigenvalue weighted by molar-refractivity contribution is 8.13. The minimum atomic E-state index is -4.08. The van der Waals surface area contributed by atoms with Crippen LogP contribution in [0.3, 0.4) is 0 Å². The van der Waals surface area contributed by atoms with E-state index in [-0.39, 0.29) is 10.1 Å². The number of aryl methyl sites for hydroxylation is 6. The van der Waals surface area contributed by atoms with Gasteiger partial charge >= 0.3 is 0 Å². The second kappa shape index (κ2) is 11.5. The van der Waals surface area contributed by atoms with Crippen LogP contribution in [0.25, 0.3) is 0 Å². The van der Waals surface area contributed by atoms with E-state index >= 15 is 0 Å². The van der Waals surface area contributed by atoms with Crippen molar-refractivity contribution in [3.05, 3.63) is 57.6 Å². The van der Waals surface area contributed by atoms with Crippen molar-refractivity contribution in [1.82, 2.24) is 4.31 Å². The maximum atomic E-state index is 12.6. The van der Waals surface area contributed by atoms with E-state index in [1.54, 1.807) is 33.0 Å². The normalized spacial score (nSPS) is 11.8. The molecule has 0 atom stereocenters. The third-order valence-electron chi connectivity index (χ3n) is 4.80. The number of benzene rings is 2. The Morgan fingerprint density at radius 3 is 1.58 bits per heavy atom. The lowest BCUT2D eigenvalue weighted by Gasteiger charge is -2.20. The molecule has 2 aromatic carbocycles. The van der Waals surface area contributed by atoms with Crippen LogP contribution in [-0.2, 0) is 20.1 Å². The number of hydrogen-bond acceptors (Lipinski definition) is 6. The van der Waals surface area contributed by atoms with Crippen LogP contribution in [0.1, 0.15) is 33.4 Å². The summed E-state index contributed by atoms with van der Waals surface area (Å²) >= 11 is 1.14. The summed E-state index contributed by atoms with van der Waals surface area (Å²) in [6.45, 7) is 11.1. The lowest BCUT2D eigenvalue weighted by atomic mass is 10.1. The Morgan fingerprint density at radius 1 is 0.879 bits per heavy atom. The number of amidine groups is 1. The van der Waals surface area contributed by atoms with Gasteiger partial charge in [-0.3, -0.25) is 9.96 Å². The minimum absolute atomic E-state index is 0.00139. The van der Waals surface area contributed by atoms with E-state index in [9.17, 15) is 16.8 Å². The SMILES string of the molecule is Cc1cc(C)c(S(=O)(=O)N(C)CCSC(=N)N)c(C)c1.Cc1cc(C)c(S(=O)(=O)O)c(C)c1. The van der Waals surface area contributed by atoms with Crippen LogP contribution in [0.2, 0.25) is 0 Å². The zero-order valence-electron chi connectivity index (χ0n) is 20.1. The molecule has 0 aliphatic carbocycles. The van der Waals surface area contributed by atoms with Crippen LogP contribution < -0.4 is 5.73 Å². The van der Waals surface area contributed by atoms with Crippen molar-refractivity contribution in [2.24, 2.45) is 5.73 Å². The van der Waals surface area contributed by atoms with Crippen LogP contribution in [-0.4, -0.2) is 50.2 Å². The summed E-state index contributed by atoms with van der Waals surface area (Å²) in [5.74, 6) is 0.467. The summed E-state index contributed by atoms with van der Waals surface area (Å²) in [5.41, 5.74) is 9.96. The molecular formula is C22H33N3O5S3. The Hall–Kier alpha value is -1.92. The molecule has 11 heteroatoms. The van der Waals surface area contributed by atoms with E-state index in [0.29, 0.717) is 28.3 Å². The molecule has 0 spiro atoms. The van der Waals surface area contributed by atoms with Crippen molar-refractivity contribution in [1.29, 1.82) is 5.41 Å². The fourth-order valence-electron chi connectivity index (χ4n) is 3.71. The van der Waals surface area contributed by atoms with Gasteiger partial charge in [0.2, 0.25) is 10.0 Å². The molecule has 0 amide bonds. The molecule has 2 aromatic rings. The number of hydrogen-bond donors (Lipinski definition) is 3. The third kappa shape index (κ3) is 8.11. The molecule has 0 heterocycles. The zero-order valence-corrected chi connectivity index (χ0v) is 22.5. The van der Waals surface area contributed by atoms with Gasteiger partial charge in [0.1, 0.15) is 0 Å². The van der Waals surface area contributed by atoms with Gasteiger partial charge in [0, 0.05) is 19.3 Å². The van der Waals surface area contributed by atoms with E-state index < -0.39 is 20.1 Å². The Morgan fingerprint density at radius 2 is 1.24 bits per heavy atom. The van der Waals surface area contributed by atoms with Gasteiger partial charge in [-0.1, -0.05) is 47.2 Å². The highest BCUT2D eigenvalue weighted by atomic mass is 32.2. The average molecular weight is 516 g/mol. The molecule has 184 valence electrons. The number of rotatable bonds is 6. The molecule has 0 saturated heterocycles. The monoisotopic (exact) mass is 515 g/mol. The van der Waals surface area contributed by atoms with E-state index in [2.05, 4.69) is 0 Å². The molecule has 0 aliphatic rings. The molecule has 33 heavy (non-hydrogen) atoms. The van der Waals surface area contributed by atoms with Gasteiger partial charge in [-0.05, 0) is 63.8 Å². The van der Waals surface area contributed by atoms with Gasteiger partial charge in [0.15, 0.2) is 5.17 Å². The van der Waals surface area contributed by atoms with Gasteiger partial charge in [-0.2, -0.15) is 8.42 Å². The molecule has 0 fully saturated rings. The number of nitrogens with two attached hydrogens (primary N) is 1. The second-order valence-electron chi connectivity index (χ2n) is 7.97. The first-order chi connectivity index (χ1) is 15.0. The van der Waals surface area contributed by atoms with Gasteiger partial charge in [0.05, 0.1) is 9.79 Å². The Labute approximate surface area is 201 Å². The van der Waals surface area contributed by atoms with E-state index in [0.717, 1.165) is 34.0 Å². The highest BCUT2D eigenvalue weighted by Crippen LogP contribution is 2.25. The summed E-state index contributed by atoms with van der Waals surface area (Å²) in [7, 11) is -6.04. The summed E-state index contributed by atoms with van der Waals surface area (Å²) in [6.07, 6.45) is 0. The van der Waals surface area contributed by atoms with Crippen LogP contribution in [0.15, 0.2) is 34.1 Å². The molecule has 8 nitrogen and oxygen atoms in total. The average Bonchev–Trinajstić information content (AvgIpc) is 2.58. The number of nitrogens with zero attached hydrogens (tertiary/aromatic N) is 1. The first-order valence-corrected chi connectivity index (χ1v) is 13.9. The first-order valence-electron chi connectivity index (χ1n) is 10.0. The van der Waals surface area contributed by atoms with E-state index in [1.165, 1.54) is 4.31 Å². The van der Waals surface area contributed by atoms with Crippen molar-refractivity contribution in [3.8, 4) is 0 Å². The summed E-state index contributed by atoms with van der Waals surface area (Å²) in [6, 6.07) is 7.21. The third-order valence-corrected chi connectivity index (χ3v) is 8.82. The van der Waals surface area contributed by atoms with Crippen LogP contribution >= 0.6 is 11.8 Å². The predicted octanol–water partition coefficient (Wildman–Crippen LogP) is 3.72. The van der Waals surface area contributed by atoms with Gasteiger partial charge < -0.3 is 5.73 Å². The van der Waals surface area contributed by atoms with Crippen molar-refractivity contribution in [2.45, 2.75) is 51.3 Å². The molecule has 0 unspecified atom stereocenters. The standard InChI is InChI=1S/C13H21N3O2S2.C9H12O3S/c1-9-7-10(2)12(11(3)8-9)20(17,18)16(4)5-6-19-13(14)15;1-6-4-7(2)9(8(3)5-6)13(10,11)12/h7-8H,5-6H2,1-4H3,(H3,14,15);4-5H,1-3H3,(H,10,11,12). The fourth-order valence-corrected chi connectivity index (χ4v) is 6.91. The van der Waals surface area contributed by atoms with Crippen molar-refractivity contribution >= 4 is 37.1 Å². The minimum Gasteiger partial charge on any atom is -0.379 e. The highest BCUT2D eigenvalue weighted by Gasteiger charge is 2.24. The summed E-state index contributed by atoms with van der Waals surface area (Å²) in [4.78, 5) is 0.400. The Kier molecular flexibility index (Phi) is 10.1. The molecular weight excluding hydrogens is 482 g/mol. The van der Waals surface area contributed by atoms with Crippen molar-refractivity contribution in [2.75, 3.05) is 19.3 Å². The summed E-state index contributed by atoms with van der Waals surface area (Å²) < 4.78 is 57.3. The van der Waals surface area contributed by atoms with Crippen LogP contribution in [0, 0.1) is 47.0 Å². The molecule has 0 bridgehead atoms. The Balaban J connectivity index is 0.000000361. The number of nitrogens with one attached hydrogen (secondary N) is 1. The fraction of sp³-hybridized carbons (Fsp3) is 0.409. The molecule has 2 rings (SSSR count). The topological polar surface area (TPSA) is 142 Å². The molecule has 0 aromatic heterocycles.